The number of hydrogen-bond acceptors (Lipinski definition) is 4. The van der Waals surface area contributed by atoms with Crippen molar-refractivity contribution in [2.45, 2.75) is 0 Å². The second-order valence-corrected chi connectivity index (χ2v) is 5.14. The average Bonchev–Trinajstić information content (AvgIpc) is 2.42. The molecule has 102 valence electrons. The first-order valence-electron chi connectivity index (χ1n) is 5.62. The van der Waals surface area contributed by atoms with E-state index in [1.165, 1.54) is 12.1 Å². The summed E-state index contributed by atoms with van der Waals surface area (Å²) in [7, 11) is 0. The summed E-state index contributed by atoms with van der Waals surface area (Å²) in [5.41, 5.74) is 4.07. The van der Waals surface area contributed by atoms with Crippen LogP contribution in [0.2, 0.25) is 5.02 Å². The highest BCUT2D eigenvalue weighted by molar-refractivity contribution is 9.10. The molecule has 0 aromatic heterocycles. The number of aromatic carboxylic acids is 1. The number of hydrogen-bond donors (Lipinski definition) is 1. The Labute approximate surface area is 129 Å². The Balaban J connectivity index is 2.14. The van der Waals surface area contributed by atoms with E-state index >= 15 is 0 Å². The first kappa shape index (κ1) is 14.6. The van der Waals surface area contributed by atoms with Crippen LogP contribution in [0.1, 0.15) is 15.9 Å². The molecule has 0 unspecified atom stereocenters. The Morgan fingerprint density at radius 1 is 1.30 bits per heavy atom. The summed E-state index contributed by atoms with van der Waals surface area (Å²) in [4.78, 5) is 10.8. The minimum atomic E-state index is -1.33. The smallest absolute Gasteiger partial charge is 0.0731 e. The van der Waals surface area contributed by atoms with E-state index in [-0.39, 0.29) is 10.6 Å². The SMILES string of the molecule is O=C([O-])c1cc(N/N=C\c2ccccc2Br)ccc1Cl. The molecule has 2 rings (SSSR count). The van der Waals surface area contributed by atoms with Crippen LogP contribution < -0.4 is 10.5 Å². The van der Waals surface area contributed by atoms with Crippen molar-refractivity contribution in [3.63, 3.8) is 0 Å². The first-order valence-corrected chi connectivity index (χ1v) is 6.79. The van der Waals surface area contributed by atoms with E-state index in [1.54, 1.807) is 12.3 Å². The number of halogens is 2. The standard InChI is InChI=1S/C14H10BrClN2O2/c15-12-4-2-1-3-9(12)8-17-18-10-5-6-13(16)11(7-10)14(19)20/h1-8,18H,(H,19,20)/p-1/b17-8-. The first-order chi connectivity index (χ1) is 9.58. The molecular weight excluding hydrogens is 344 g/mol. The normalized spacial score (nSPS) is 10.7. The summed E-state index contributed by atoms with van der Waals surface area (Å²) in [5, 5.41) is 15.0. The van der Waals surface area contributed by atoms with Crippen LogP contribution in [0.3, 0.4) is 0 Å². The number of nitrogens with zero attached hydrogens (tertiary/aromatic N) is 1. The molecule has 0 aliphatic carbocycles. The maximum absolute atomic E-state index is 10.8. The highest BCUT2D eigenvalue weighted by atomic mass is 79.9. The zero-order valence-corrected chi connectivity index (χ0v) is 12.5. The second-order valence-electron chi connectivity index (χ2n) is 3.87. The molecule has 6 heteroatoms. The fourth-order valence-corrected chi connectivity index (χ4v) is 2.09. The lowest BCUT2D eigenvalue weighted by Gasteiger charge is -2.07. The maximum Gasteiger partial charge on any atom is 0.0731 e. The minimum Gasteiger partial charge on any atom is -0.545 e. The maximum atomic E-state index is 10.8. The number of anilines is 1. The predicted molar refractivity (Wildman–Crippen MR) is 81.1 cm³/mol. The summed E-state index contributed by atoms with van der Waals surface area (Å²) in [6, 6.07) is 12.1. The van der Waals surface area contributed by atoms with Gasteiger partial charge in [-0.1, -0.05) is 45.7 Å². The van der Waals surface area contributed by atoms with Crippen molar-refractivity contribution >= 4 is 45.4 Å². The van der Waals surface area contributed by atoms with E-state index in [4.69, 9.17) is 11.6 Å². The number of carboxylic acids is 1. The Hall–Kier alpha value is -1.85. The van der Waals surface area contributed by atoms with Crippen molar-refractivity contribution in [2.24, 2.45) is 5.10 Å². The fraction of sp³-hybridized carbons (Fsp3) is 0. The molecule has 4 nitrogen and oxygen atoms in total. The highest BCUT2D eigenvalue weighted by Gasteiger charge is 2.02. The molecule has 2 aromatic rings. The molecule has 0 aliphatic heterocycles. The van der Waals surface area contributed by atoms with Gasteiger partial charge in [-0.2, -0.15) is 5.10 Å². The molecule has 0 amide bonds. The lowest BCUT2D eigenvalue weighted by atomic mass is 10.2. The summed E-state index contributed by atoms with van der Waals surface area (Å²) in [6.07, 6.45) is 1.62. The molecular formula is C14H9BrClN2O2-. The molecule has 0 bridgehead atoms. The van der Waals surface area contributed by atoms with E-state index in [2.05, 4.69) is 26.5 Å². The fourth-order valence-electron chi connectivity index (χ4n) is 1.51. The Morgan fingerprint density at radius 2 is 2.05 bits per heavy atom. The van der Waals surface area contributed by atoms with Crippen molar-refractivity contribution in [2.75, 3.05) is 5.43 Å². The lowest BCUT2D eigenvalue weighted by Crippen LogP contribution is -2.22. The Bertz CT molecular complexity index is 674. The van der Waals surface area contributed by atoms with Crippen LogP contribution in [-0.4, -0.2) is 12.2 Å². The van der Waals surface area contributed by atoms with Crippen molar-refractivity contribution in [3.8, 4) is 0 Å². The molecule has 0 fully saturated rings. The average molecular weight is 353 g/mol. The number of rotatable bonds is 4. The summed E-state index contributed by atoms with van der Waals surface area (Å²) in [6.45, 7) is 0. The number of hydrazone groups is 1. The van der Waals surface area contributed by atoms with Crippen LogP contribution in [0.15, 0.2) is 52.0 Å². The van der Waals surface area contributed by atoms with Gasteiger partial charge < -0.3 is 9.90 Å². The highest BCUT2D eigenvalue weighted by Crippen LogP contribution is 2.20. The largest absolute Gasteiger partial charge is 0.545 e. The Morgan fingerprint density at radius 3 is 2.75 bits per heavy atom. The molecule has 0 heterocycles. The number of nitrogens with one attached hydrogen (secondary N) is 1. The van der Waals surface area contributed by atoms with E-state index in [0.29, 0.717) is 5.69 Å². The van der Waals surface area contributed by atoms with Gasteiger partial charge in [0.2, 0.25) is 0 Å². The van der Waals surface area contributed by atoms with Crippen LogP contribution in [0.25, 0.3) is 0 Å². The molecule has 0 radical (unpaired) electrons. The van der Waals surface area contributed by atoms with Gasteiger partial charge in [-0.3, -0.25) is 5.43 Å². The van der Waals surface area contributed by atoms with Crippen molar-refractivity contribution in [3.05, 3.63) is 63.1 Å². The van der Waals surface area contributed by atoms with Gasteiger partial charge in [-0.05, 0) is 24.3 Å². The van der Waals surface area contributed by atoms with Gasteiger partial charge in [0.05, 0.1) is 17.9 Å². The van der Waals surface area contributed by atoms with E-state index in [0.717, 1.165) is 10.0 Å². The number of carbonyl (C=O) groups is 1. The van der Waals surface area contributed by atoms with Gasteiger partial charge in [0.25, 0.3) is 0 Å². The van der Waals surface area contributed by atoms with Crippen molar-refractivity contribution < 1.29 is 9.90 Å². The quantitative estimate of drug-likeness (QED) is 0.680. The zero-order chi connectivity index (χ0) is 14.5. The molecule has 0 spiro atoms. The van der Waals surface area contributed by atoms with E-state index in [9.17, 15) is 9.90 Å². The van der Waals surface area contributed by atoms with Gasteiger partial charge in [-0.15, -0.1) is 0 Å². The number of carbonyl (C=O) groups excluding carboxylic acids is 1. The van der Waals surface area contributed by atoms with Gasteiger partial charge in [-0.25, -0.2) is 0 Å². The molecule has 2 aromatic carbocycles. The summed E-state index contributed by atoms with van der Waals surface area (Å²) in [5.74, 6) is -1.33. The number of benzene rings is 2. The zero-order valence-electron chi connectivity index (χ0n) is 10.1. The van der Waals surface area contributed by atoms with Gasteiger partial charge >= 0.3 is 0 Å². The van der Waals surface area contributed by atoms with E-state index in [1.807, 2.05) is 24.3 Å². The molecule has 0 saturated heterocycles. The van der Waals surface area contributed by atoms with Crippen molar-refractivity contribution in [1.29, 1.82) is 0 Å². The van der Waals surface area contributed by atoms with Crippen LogP contribution >= 0.6 is 27.5 Å². The third-order valence-electron chi connectivity index (χ3n) is 2.49. The third-order valence-corrected chi connectivity index (χ3v) is 3.54. The summed E-state index contributed by atoms with van der Waals surface area (Å²) >= 11 is 9.15. The predicted octanol–water partition coefficient (Wildman–Crippen LogP) is 2.91. The van der Waals surface area contributed by atoms with Gasteiger partial charge in [0, 0.05) is 20.6 Å². The lowest BCUT2D eigenvalue weighted by molar-refractivity contribution is -0.255. The Kier molecular flexibility index (Phi) is 4.76. The van der Waals surface area contributed by atoms with E-state index < -0.39 is 5.97 Å². The summed E-state index contributed by atoms with van der Waals surface area (Å²) < 4.78 is 0.914. The van der Waals surface area contributed by atoms with Crippen LogP contribution in [0.4, 0.5) is 5.69 Å². The number of carboxylic acid groups (broad SMARTS) is 1. The second kappa shape index (κ2) is 6.54. The molecule has 0 atom stereocenters. The minimum absolute atomic E-state index is 0.0761. The monoisotopic (exact) mass is 351 g/mol. The van der Waals surface area contributed by atoms with Crippen LogP contribution in [0.5, 0.6) is 0 Å². The molecule has 0 saturated carbocycles. The van der Waals surface area contributed by atoms with Gasteiger partial charge in [0.1, 0.15) is 0 Å². The molecule has 1 N–H and O–H groups in total. The topological polar surface area (TPSA) is 64.5 Å². The van der Waals surface area contributed by atoms with Crippen LogP contribution in [-0.2, 0) is 0 Å². The molecule has 20 heavy (non-hydrogen) atoms. The van der Waals surface area contributed by atoms with Gasteiger partial charge in [0.15, 0.2) is 0 Å². The third kappa shape index (κ3) is 3.59. The van der Waals surface area contributed by atoms with Crippen LogP contribution in [0, 0.1) is 0 Å². The molecule has 0 aliphatic rings. The van der Waals surface area contributed by atoms with Crippen molar-refractivity contribution in [1.82, 2.24) is 0 Å².